The van der Waals surface area contributed by atoms with Gasteiger partial charge in [-0.1, -0.05) is 0 Å². The summed E-state index contributed by atoms with van der Waals surface area (Å²) < 4.78 is 10.8. The molecule has 2 N–H and O–H groups in total. The van der Waals surface area contributed by atoms with E-state index < -0.39 is 0 Å². The molecule has 0 amide bonds. The molecule has 1 atom stereocenters. The van der Waals surface area contributed by atoms with E-state index in [9.17, 15) is 0 Å². The number of hydrogen-bond donors (Lipinski definition) is 2. The van der Waals surface area contributed by atoms with Crippen LogP contribution < -0.4 is 0 Å². The van der Waals surface area contributed by atoms with Crippen molar-refractivity contribution in [2.45, 2.75) is 51.6 Å². The van der Waals surface area contributed by atoms with E-state index in [0.29, 0.717) is 0 Å². The highest BCUT2D eigenvalue weighted by Gasteiger charge is 1.95. The van der Waals surface area contributed by atoms with Crippen LogP contribution in [0.15, 0.2) is 0 Å². The van der Waals surface area contributed by atoms with Crippen molar-refractivity contribution in [1.29, 1.82) is 0 Å². The largest absolute Gasteiger partial charge is 0.396 e. The fourth-order valence-electron chi connectivity index (χ4n) is 1.41. The average molecular weight is 248 g/mol. The number of ether oxygens (including phenoxy) is 2. The quantitative estimate of drug-likeness (QED) is 0.487. The minimum atomic E-state index is -0.217. The fourth-order valence-corrected chi connectivity index (χ4v) is 1.41. The Morgan fingerprint density at radius 2 is 1.29 bits per heavy atom. The minimum Gasteiger partial charge on any atom is -0.396 e. The molecular weight excluding hydrogens is 220 g/mol. The minimum absolute atomic E-state index is 0.217. The van der Waals surface area contributed by atoms with Crippen LogP contribution in [0.5, 0.6) is 0 Å². The lowest BCUT2D eigenvalue weighted by molar-refractivity contribution is 0.0913. The molecular formula is C13H28O4. The van der Waals surface area contributed by atoms with Gasteiger partial charge in [-0.15, -0.1) is 0 Å². The number of hydrogen-bond acceptors (Lipinski definition) is 4. The molecule has 104 valence electrons. The second kappa shape index (κ2) is 13.9. The van der Waals surface area contributed by atoms with E-state index >= 15 is 0 Å². The lowest BCUT2D eigenvalue weighted by atomic mass is 10.2. The van der Waals surface area contributed by atoms with Crippen molar-refractivity contribution < 1.29 is 19.7 Å². The van der Waals surface area contributed by atoms with E-state index in [1.54, 1.807) is 6.92 Å². The Hall–Kier alpha value is -0.160. The predicted molar refractivity (Wildman–Crippen MR) is 68.1 cm³/mol. The van der Waals surface area contributed by atoms with Gasteiger partial charge >= 0.3 is 0 Å². The molecule has 1 unspecified atom stereocenters. The number of aliphatic hydroxyl groups is 2. The van der Waals surface area contributed by atoms with E-state index in [1.807, 2.05) is 0 Å². The van der Waals surface area contributed by atoms with Gasteiger partial charge in [-0.05, 0) is 45.4 Å². The molecule has 0 aromatic rings. The van der Waals surface area contributed by atoms with E-state index in [4.69, 9.17) is 19.7 Å². The lowest BCUT2D eigenvalue weighted by Crippen LogP contribution is -2.04. The smallest absolute Gasteiger partial charge is 0.0513 e. The summed E-state index contributed by atoms with van der Waals surface area (Å²) in [5, 5.41) is 17.6. The van der Waals surface area contributed by atoms with Crippen LogP contribution in [0.4, 0.5) is 0 Å². The molecule has 17 heavy (non-hydrogen) atoms. The average Bonchev–Trinajstić information content (AvgIpc) is 2.30. The highest BCUT2D eigenvalue weighted by Crippen LogP contribution is 1.98. The summed E-state index contributed by atoms with van der Waals surface area (Å²) in [6.07, 6.45) is 5.33. The summed E-state index contributed by atoms with van der Waals surface area (Å²) in [5.41, 5.74) is 0. The van der Waals surface area contributed by atoms with Crippen LogP contribution in [0.2, 0.25) is 0 Å². The molecule has 0 rings (SSSR count). The molecule has 0 bridgehead atoms. The van der Waals surface area contributed by atoms with Crippen LogP contribution in [0.3, 0.4) is 0 Å². The third-order valence-electron chi connectivity index (χ3n) is 2.43. The van der Waals surface area contributed by atoms with Crippen molar-refractivity contribution in [1.82, 2.24) is 0 Å². The Morgan fingerprint density at radius 3 is 1.76 bits per heavy atom. The molecule has 0 spiro atoms. The summed E-state index contributed by atoms with van der Waals surface area (Å²) in [6.45, 7) is 5.10. The molecule has 0 aromatic heterocycles. The maximum atomic E-state index is 9.03. The second-order valence-electron chi connectivity index (χ2n) is 4.35. The maximum Gasteiger partial charge on any atom is 0.0513 e. The van der Waals surface area contributed by atoms with Gasteiger partial charge in [0.05, 0.1) is 6.10 Å². The van der Waals surface area contributed by atoms with E-state index in [1.165, 1.54) is 0 Å². The van der Waals surface area contributed by atoms with Gasteiger partial charge in [0.15, 0.2) is 0 Å². The molecule has 4 nitrogen and oxygen atoms in total. The Labute approximate surface area is 105 Å². The van der Waals surface area contributed by atoms with Crippen molar-refractivity contribution in [3.8, 4) is 0 Å². The molecule has 0 aliphatic rings. The molecule has 0 radical (unpaired) electrons. The molecule has 0 aromatic carbocycles. The molecule has 0 heterocycles. The van der Waals surface area contributed by atoms with Crippen LogP contribution >= 0.6 is 0 Å². The molecule has 0 saturated heterocycles. The third-order valence-corrected chi connectivity index (χ3v) is 2.43. The maximum absolute atomic E-state index is 9.03. The summed E-state index contributed by atoms with van der Waals surface area (Å²) in [4.78, 5) is 0. The predicted octanol–water partition coefficient (Wildman–Crippen LogP) is 1.73. The van der Waals surface area contributed by atoms with Crippen molar-refractivity contribution in [2.75, 3.05) is 33.0 Å². The van der Waals surface area contributed by atoms with Crippen LogP contribution in [-0.2, 0) is 9.47 Å². The van der Waals surface area contributed by atoms with Gasteiger partial charge in [0.2, 0.25) is 0 Å². The Morgan fingerprint density at radius 1 is 0.824 bits per heavy atom. The van der Waals surface area contributed by atoms with Gasteiger partial charge in [-0.25, -0.2) is 0 Å². The first-order valence-corrected chi connectivity index (χ1v) is 6.71. The van der Waals surface area contributed by atoms with Crippen molar-refractivity contribution in [2.24, 2.45) is 0 Å². The highest BCUT2D eigenvalue weighted by atomic mass is 16.5. The topological polar surface area (TPSA) is 58.9 Å². The standard InChI is InChI=1S/C13H28O4/c1-13(15)7-6-12-17-11-5-4-10-16-9-3-2-8-14/h13-15H,2-12H2,1H3. The highest BCUT2D eigenvalue weighted by molar-refractivity contribution is 4.46. The molecule has 4 heteroatoms. The normalized spacial score (nSPS) is 12.9. The Kier molecular flexibility index (Phi) is 13.8. The summed E-state index contributed by atoms with van der Waals surface area (Å²) in [6, 6.07) is 0. The number of unbranched alkanes of at least 4 members (excludes halogenated alkanes) is 2. The van der Waals surface area contributed by atoms with Gasteiger partial charge in [-0.3, -0.25) is 0 Å². The lowest BCUT2D eigenvalue weighted by Gasteiger charge is -2.06. The van der Waals surface area contributed by atoms with Crippen molar-refractivity contribution >= 4 is 0 Å². The van der Waals surface area contributed by atoms with Gasteiger partial charge in [0.1, 0.15) is 0 Å². The SMILES string of the molecule is CC(O)CCCOCCCCOCCCCO. The van der Waals surface area contributed by atoms with Crippen LogP contribution in [0, 0.1) is 0 Å². The molecule has 0 saturated carbocycles. The van der Waals surface area contributed by atoms with E-state index in [-0.39, 0.29) is 12.7 Å². The molecule has 0 fully saturated rings. The fraction of sp³-hybridized carbons (Fsp3) is 1.00. The zero-order valence-electron chi connectivity index (χ0n) is 11.1. The summed E-state index contributed by atoms with van der Waals surface area (Å²) in [7, 11) is 0. The molecule has 0 aliphatic carbocycles. The van der Waals surface area contributed by atoms with Gasteiger partial charge in [0.25, 0.3) is 0 Å². The van der Waals surface area contributed by atoms with E-state index in [2.05, 4.69) is 0 Å². The van der Waals surface area contributed by atoms with E-state index in [0.717, 1.165) is 65.0 Å². The second-order valence-corrected chi connectivity index (χ2v) is 4.35. The zero-order valence-corrected chi connectivity index (χ0v) is 11.1. The van der Waals surface area contributed by atoms with Crippen LogP contribution in [-0.4, -0.2) is 49.4 Å². The summed E-state index contributed by atoms with van der Waals surface area (Å²) >= 11 is 0. The first-order valence-electron chi connectivity index (χ1n) is 6.71. The summed E-state index contributed by atoms with van der Waals surface area (Å²) in [5.74, 6) is 0. The first-order chi connectivity index (χ1) is 8.27. The molecule has 0 aliphatic heterocycles. The van der Waals surface area contributed by atoms with Crippen LogP contribution in [0.1, 0.15) is 45.4 Å². The monoisotopic (exact) mass is 248 g/mol. The Bertz CT molecular complexity index is 139. The van der Waals surface area contributed by atoms with Gasteiger partial charge < -0.3 is 19.7 Å². The van der Waals surface area contributed by atoms with Gasteiger partial charge in [0, 0.05) is 33.0 Å². The Balaban J connectivity index is 2.89. The van der Waals surface area contributed by atoms with Crippen molar-refractivity contribution in [3.63, 3.8) is 0 Å². The van der Waals surface area contributed by atoms with Crippen LogP contribution in [0.25, 0.3) is 0 Å². The number of rotatable bonds is 13. The first kappa shape index (κ1) is 16.8. The van der Waals surface area contributed by atoms with Crippen molar-refractivity contribution in [3.05, 3.63) is 0 Å². The van der Waals surface area contributed by atoms with Gasteiger partial charge in [-0.2, -0.15) is 0 Å². The zero-order chi connectivity index (χ0) is 12.8. The third kappa shape index (κ3) is 15.8. The number of aliphatic hydroxyl groups excluding tert-OH is 2.